The zero-order valence-corrected chi connectivity index (χ0v) is 11.6. The van der Waals surface area contributed by atoms with Crippen LogP contribution < -0.4 is 0 Å². The molecule has 0 spiro atoms. The Hall–Kier alpha value is -2.33. The Kier molecular flexibility index (Phi) is 3.94. The Bertz CT molecular complexity index is 690. The number of aliphatic imine (C=N–C) groups is 1. The smallest absolute Gasteiger partial charge is 0.226 e. The third kappa shape index (κ3) is 3.36. The number of hydrogen-bond donors (Lipinski definition) is 0. The molecule has 4 heteroatoms. The van der Waals surface area contributed by atoms with Gasteiger partial charge in [-0.15, -0.1) is 10.2 Å². The van der Waals surface area contributed by atoms with Crippen molar-refractivity contribution in [3.05, 3.63) is 76.8 Å². The van der Waals surface area contributed by atoms with E-state index < -0.39 is 0 Å². The van der Waals surface area contributed by atoms with Crippen LogP contribution in [0.2, 0.25) is 0 Å². The molecule has 1 aromatic heterocycles. The van der Waals surface area contributed by atoms with Gasteiger partial charge in [-0.3, -0.25) is 0 Å². The summed E-state index contributed by atoms with van der Waals surface area (Å²) in [6.45, 7) is 0. The summed E-state index contributed by atoms with van der Waals surface area (Å²) in [6.07, 6.45) is 2.62. The SMILES string of the molecule is C(=Nc1nnc(Cc2ccccc2)s1)c1ccccc1. The van der Waals surface area contributed by atoms with Crippen LogP contribution in [0.15, 0.2) is 65.7 Å². The zero-order chi connectivity index (χ0) is 13.6. The molecule has 0 unspecified atom stereocenters. The van der Waals surface area contributed by atoms with Crippen LogP contribution in [0.25, 0.3) is 0 Å². The molecule has 0 saturated heterocycles. The van der Waals surface area contributed by atoms with Crippen molar-refractivity contribution in [1.82, 2.24) is 10.2 Å². The van der Waals surface area contributed by atoms with Crippen molar-refractivity contribution in [3.63, 3.8) is 0 Å². The van der Waals surface area contributed by atoms with Crippen LogP contribution in [0.3, 0.4) is 0 Å². The van der Waals surface area contributed by atoms with E-state index in [9.17, 15) is 0 Å². The molecule has 3 nitrogen and oxygen atoms in total. The van der Waals surface area contributed by atoms with Crippen LogP contribution in [0.5, 0.6) is 0 Å². The average Bonchev–Trinajstić information content (AvgIpc) is 2.95. The average molecular weight is 279 g/mol. The molecule has 0 amide bonds. The Morgan fingerprint density at radius 1 is 0.900 bits per heavy atom. The normalized spacial score (nSPS) is 11.0. The summed E-state index contributed by atoms with van der Waals surface area (Å²) in [7, 11) is 0. The maximum atomic E-state index is 4.36. The molecule has 98 valence electrons. The van der Waals surface area contributed by atoms with Crippen molar-refractivity contribution in [2.75, 3.05) is 0 Å². The van der Waals surface area contributed by atoms with Crippen molar-refractivity contribution in [2.24, 2.45) is 4.99 Å². The Labute approximate surface area is 121 Å². The quantitative estimate of drug-likeness (QED) is 0.680. The van der Waals surface area contributed by atoms with Gasteiger partial charge in [0.1, 0.15) is 5.01 Å². The van der Waals surface area contributed by atoms with Crippen molar-refractivity contribution in [2.45, 2.75) is 6.42 Å². The standard InChI is InChI=1S/C16H13N3S/c1-3-7-13(8-4-1)11-15-18-19-16(20-15)17-12-14-9-5-2-6-10-14/h1-10,12H,11H2. The lowest BCUT2D eigenvalue weighted by Crippen LogP contribution is -1.85. The van der Waals surface area contributed by atoms with Gasteiger partial charge in [-0.2, -0.15) is 0 Å². The molecule has 0 aliphatic carbocycles. The lowest BCUT2D eigenvalue weighted by molar-refractivity contribution is 1.00. The Morgan fingerprint density at radius 3 is 2.35 bits per heavy atom. The minimum absolute atomic E-state index is 0.694. The second-order valence-corrected chi connectivity index (χ2v) is 5.35. The van der Waals surface area contributed by atoms with Crippen molar-refractivity contribution >= 4 is 22.7 Å². The van der Waals surface area contributed by atoms with E-state index in [0.29, 0.717) is 5.13 Å². The van der Waals surface area contributed by atoms with Crippen LogP contribution in [0, 0.1) is 0 Å². The highest BCUT2D eigenvalue weighted by Gasteiger charge is 2.03. The highest BCUT2D eigenvalue weighted by Crippen LogP contribution is 2.20. The van der Waals surface area contributed by atoms with E-state index in [1.54, 1.807) is 0 Å². The van der Waals surface area contributed by atoms with E-state index in [2.05, 4.69) is 27.3 Å². The third-order valence-corrected chi connectivity index (χ3v) is 3.61. The van der Waals surface area contributed by atoms with Gasteiger partial charge >= 0.3 is 0 Å². The number of hydrogen-bond acceptors (Lipinski definition) is 4. The van der Waals surface area contributed by atoms with Gasteiger partial charge in [-0.1, -0.05) is 72.0 Å². The molecule has 1 heterocycles. The third-order valence-electron chi connectivity index (χ3n) is 2.78. The first kappa shape index (κ1) is 12.7. The molecule has 2 aromatic carbocycles. The van der Waals surface area contributed by atoms with E-state index in [4.69, 9.17) is 0 Å². The van der Waals surface area contributed by atoms with E-state index in [1.165, 1.54) is 16.9 Å². The first-order valence-electron chi connectivity index (χ1n) is 6.35. The number of aromatic nitrogens is 2. The maximum absolute atomic E-state index is 4.36. The summed E-state index contributed by atoms with van der Waals surface area (Å²) in [5.74, 6) is 0. The first-order valence-corrected chi connectivity index (χ1v) is 7.17. The molecular formula is C16H13N3S. The summed E-state index contributed by atoms with van der Waals surface area (Å²) in [6, 6.07) is 20.2. The number of nitrogens with zero attached hydrogens (tertiary/aromatic N) is 3. The van der Waals surface area contributed by atoms with Crippen LogP contribution in [-0.2, 0) is 6.42 Å². The van der Waals surface area contributed by atoms with Crippen LogP contribution >= 0.6 is 11.3 Å². The van der Waals surface area contributed by atoms with Crippen molar-refractivity contribution < 1.29 is 0 Å². The van der Waals surface area contributed by atoms with E-state index in [1.807, 2.05) is 54.7 Å². The minimum atomic E-state index is 0.694. The Balaban J connectivity index is 1.70. The largest absolute Gasteiger partial charge is 0.231 e. The molecule has 0 radical (unpaired) electrons. The predicted octanol–water partition coefficient (Wildman–Crippen LogP) is 3.88. The van der Waals surface area contributed by atoms with E-state index in [0.717, 1.165) is 17.0 Å². The molecule has 3 rings (SSSR count). The van der Waals surface area contributed by atoms with Gasteiger partial charge < -0.3 is 0 Å². The lowest BCUT2D eigenvalue weighted by atomic mass is 10.2. The topological polar surface area (TPSA) is 38.1 Å². The van der Waals surface area contributed by atoms with Crippen LogP contribution in [0.1, 0.15) is 16.1 Å². The summed E-state index contributed by atoms with van der Waals surface area (Å²) < 4.78 is 0. The molecule has 0 atom stereocenters. The monoisotopic (exact) mass is 279 g/mol. The van der Waals surface area contributed by atoms with Crippen molar-refractivity contribution in [1.29, 1.82) is 0 Å². The molecule has 0 aliphatic heterocycles. The van der Waals surface area contributed by atoms with Crippen molar-refractivity contribution in [3.8, 4) is 0 Å². The molecular weight excluding hydrogens is 266 g/mol. The summed E-state index contributed by atoms with van der Waals surface area (Å²) >= 11 is 1.53. The number of rotatable bonds is 4. The van der Waals surface area contributed by atoms with Gasteiger partial charge in [0, 0.05) is 12.6 Å². The van der Waals surface area contributed by atoms with Crippen LogP contribution in [-0.4, -0.2) is 16.4 Å². The lowest BCUT2D eigenvalue weighted by Gasteiger charge is -1.94. The highest BCUT2D eigenvalue weighted by molar-refractivity contribution is 7.15. The van der Waals surface area contributed by atoms with Gasteiger partial charge in [0.15, 0.2) is 0 Å². The van der Waals surface area contributed by atoms with Gasteiger partial charge in [0.05, 0.1) is 0 Å². The molecule has 0 bridgehead atoms. The molecule has 0 N–H and O–H groups in total. The van der Waals surface area contributed by atoms with E-state index in [-0.39, 0.29) is 0 Å². The molecule has 0 aliphatic rings. The molecule has 3 aromatic rings. The molecule has 20 heavy (non-hydrogen) atoms. The highest BCUT2D eigenvalue weighted by atomic mass is 32.1. The van der Waals surface area contributed by atoms with E-state index >= 15 is 0 Å². The number of benzene rings is 2. The van der Waals surface area contributed by atoms with Gasteiger partial charge in [-0.05, 0) is 11.1 Å². The summed E-state index contributed by atoms with van der Waals surface area (Å²) in [5, 5.41) is 9.95. The minimum Gasteiger partial charge on any atom is -0.226 e. The van der Waals surface area contributed by atoms with Crippen LogP contribution in [0.4, 0.5) is 5.13 Å². The summed E-state index contributed by atoms with van der Waals surface area (Å²) in [4.78, 5) is 4.36. The first-order chi connectivity index (χ1) is 9.90. The zero-order valence-electron chi connectivity index (χ0n) is 10.8. The second-order valence-electron chi connectivity index (χ2n) is 4.31. The summed E-state index contributed by atoms with van der Waals surface area (Å²) in [5.41, 5.74) is 2.30. The molecule has 0 saturated carbocycles. The predicted molar refractivity (Wildman–Crippen MR) is 82.9 cm³/mol. The fourth-order valence-electron chi connectivity index (χ4n) is 1.81. The van der Waals surface area contributed by atoms with Gasteiger partial charge in [0.25, 0.3) is 0 Å². The fraction of sp³-hybridized carbons (Fsp3) is 0.0625. The maximum Gasteiger partial charge on any atom is 0.231 e. The fourth-order valence-corrected chi connectivity index (χ4v) is 2.53. The second kappa shape index (κ2) is 6.21. The van der Waals surface area contributed by atoms with Gasteiger partial charge in [0.2, 0.25) is 5.13 Å². The molecule has 0 fully saturated rings. The Morgan fingerprint density at radius 2 is 1.60 bits per heavy atom. The van der Waals surface area contributed by atoms with Gasteiger partial charge in [-0.25, -0.2) is 4.99 Å².